The fourth-order valence-corrected chi connectivity index (χ4v) is 1.57. The molecule has 2 N–H and O–H groups in total. The van der Waals surface area contributed by atoms with Crippen molar-refractivity contribution < 1.29 is 4.79 Å². The van der Waals surface area contributed by atoms with Crippen LogP contribution in [0.2, 0.25) is 0 Å². The first kappa shape index (κ1) is 9.32. The van der Waals surface area contributed by atoms with E-state index in [1.165, 1.54) is 0 Å². The van der Waals surface area contributed by atoms with Gasteiger partial charge in [-0.1, -0.05) is 0 Å². The van der Waals surface area contributed by atoms with Gasteiger partial charge in [-0.15, -0.1) is 0 Å². The standard InChI is InChI=1S/C7H12ClN3O/c8-7(12)6-2-1-3-11(4-6)5-10-9/h5-6H,1-4,9H2. The number of likely N-dealkylation sites (tertiary alicyclic amines) is 1. The summed E-state index contributed by atoms with van der Waals surface area (Å²) < 4.78 is 0. The van der Waals surface area contributed by atoms with E-state index in [1.54, 1.807) is 6.34 Å². The van der Waals surface area contributed by atoms with Crippen LogP contribution in [0.3, 0.4) is 0 Å². The Morgan fingerprint density at radius 3 is 3.08 bits per heavy atom. The second kappa shape index (κ2) is 4.30. The zero-order valence-corrected chi connectivity index (χ0v) is 7.50. The predicted molar refractivity (Wildman–Crippen MR) is 47.8 cm³/mol. The molecule has 0 spiro atoms. The van der Waals surface area contributed by atoms with Crippen LogP contribution in [-0.2, 0) is 4.79 Å². The van der Waals surface area contributed by atoms with Gasteiger partial charge in [0.2, 0.25) is 5.24 Å². The van der Waals surface area contributed by atoms with E-state index in [1.807, 2.05) is 4.90 Å². The highest BCUT2D eigenvalue weighted by Crippen LogP contribution is 2.17. The molecule has 4 nitrogen and oxygen atoms in total. The number of halogens is 1. The number of hydrogen-bond donors (Lipinski definition) is 1. The van der Waals surface area contributed by atoms with Crippen molar-refractivity contribution in [3.8, 4) is 0 Å². The third kappa shape index (κ3) is 2.37. The quantitative estimate of drug-likeness (QED) is 0.225. The Kier molecular flexibility index (Phi) is 3.34. The average Bonchev–Trinajstić information content (AvgIpc) is 2.05. The van der Waals surface area contributed by atoms with Gasteiger partial charge in [0.1, 0.15) is 6.34 Å². The maximum absolute atomic E-state index is 10.8. The van der Waals surface area contributed by atoms with Gasteiger partial charge in [-0.3, -0.25) is 4.79 Å². The van der Waals surface area contributed by atoms with E-state index < -0.39 is 0 Å². The minimum Gasteiger partial charge on any atom is -0.360 e. The highest BCUT2D eigenvalue weighted by Gasteiger charge is 2.22. The minimum absolute atomic E-state index is 0.0570. The lowest BCUT2D eigenvalue weighted by Gasteiger charge is -2.28. The van der Waals surface area contributed by atoms with Crippen molar-refractivity contribution in [2.75, 3.05) is 13.1 Å². The van der Waals surface area contributed by atoms with Crippen molar-refractivity contribution in [3.05, 3.63) is 0 Å². The van der Waals surface area contributed by atoms with Crippen LogP contribution in [0.15, 0.2) is 5.10 Å². The molecular formula is C7H12ClN3O. The predicted octanol–water partition coefficient (Wildman–Crippen LogP) is 0.366. The number of hydrazone groups is 1. The number of carbonyl (C=O) groups excluding carboxylic acids is 1. The second-order valence-corrected chi connectivity index (χ2v) is 3.28. The molecule has 1 unspecified atom stereocenters. The number of rotatable bonds is 2. The number of hydrogen-bond acceptors (Lipinski definition) is 3. The van der Waals surface area contributed by atoms with Crippen molar-refractivity contribution >= 4 is 23.2 Å². The lowest BCUT2D eigenvalue weighted by molar-refractivity contribution is -0.116. The van der Waals surface area contributed by atoms with Crippen LogP contribution in [0.1, 0.15) is 12.8 Å². The summed E-state index contributed by atoms with van der Waals surface area (Å²) in [5, 5.41) is 3.14. The van der Waals surface area contributed by atoms with Gasteiger partial charge < -0.3 is 10.7 Å². The van der Waals surface area contributed by atoms with Gasteiger partial charge in [-0.05, 0) is 24.4 Å². The molecule has 1 rings (SSSR count). The first-order valence-electron chi connectivity index (χ1n) is 3.91. The second-order valence-electron chi connectivity index (χ2n) is 2.90. The highest BCUT2D eigenvalue weighted by molar-refractivity contribution is 6.64. The summed E-state index contributed by atoms with van der Waals surface area (Å²) in [4.78, 5) is 12.7. The van der Waals surface area contributed by atoms with Crippen molar-refractivity contribution in [3.63, 3.8) is 0 Å². The Morgan fingerprint density at radius 2 is 2.50 bits per heavy atom. The van der Waals surface area contributed by atoms with Crippen molar-refractivity contribution in [1.29, 1.82) is 0 Å². The summed E-state index contributed by atoms with van der Waals surface area (Å²) in [6.45, 7) is 1.55. The topological polar surface area (TPSA) is 58.7 Å². The Balaban J connectivity index is 2.45. The molecule has 0 saturated carbocycles. The molecule has 1 saturated heterocycles. The summed E-state index contributed by atoms with van der Waals surface area (Å²) in [6, 6.07) is 0. The number of nitrogens with zero attached hydrogens (tertiary/aromatic N) is 2. The Hall–Kier alpha value is -0.770. The van der Waals surface area contributed by atoms with Gasteiger partial charge in [-0.2, -0.15) is 5.10 Å². The van der Waals surface area contributed by atoms with Gasteiger partial charge in [0.25, 0.3) is 0 Å². The zero-order chi connectivity index (χ0) is 8.97. The smallest absolute Gasteiger partial charge is 0.226 e. The van der Waals surface area contributed by atoms with Gasteiger partial charge in [-0.25, -0.2) is 0 Å². The Bertz CT molecular complexity index is 195. The number of piperidine rings is 1. The van der Waals surface area contributed by atoms with Crippen LogP contribution >= 0.6 is 11.6 Å². The van der Waals surface area contributed by atoms with Crippen LogP contribution in [-0.4, -0.2) is 29.6 Å². The van der Waals surface area contributed by atoms with Crippen molar-refractivity contribution in [2.24, 2.45) is 16.9 Å². The average molecular weight is 190 g/mol. The lowest BCUT2D eigenvalue weighted by Crippen LogP contribution is -2.36. The lowest BCUT2D eigenvalue weighted by atomic mass is 10.0. The third-order valence-corrected chi connectivity index (χ3v) is 2.31. The molecule has 12 heavy (non-hydrogen) atoms. The Labute approximate surface area is 76.4 Å². The Morgan fingerprint density at radius 1 is 1.75 bits per heavy atom. The van der Waals surface area contributed by atoms with Crippen LogP contribution in [0, 0.1) is 5.92 Å². The first-order chi connectivity index (χ1) is 5.74. The molecule has 5 heteroatoms. The summed E-state index contributed by atoms with van der Waals surface area (Å²) >= 11 is 5.38. The van der Waals surface area contributed by atoms with Gasteiger partial charge in [0.15, 0.2) is 0 Å². The van der Waals surface area contributed by atoms with Crippen LogP contribution in [0.25, 0.3) is 0 Å². The highest BCUT2D eigenvalue weighted by atomic mass is 35.5. The fraction of sp³-hybridized carbons (Fsp3) is 0.714. The number of carbonyl (C=O) groups is 1. The molecule has 0 bridgehead atoms. The first-order valence-corrected chi connectivity index (χ1v) is 4.28. The molecule has 1 aliphatic heterocycles. The molecule has 0 aliphatic carbocycles. The zero-order valence-electron chi connectivity index (χ0n) is 6.74. The van der Waals surface area contributed by atoms with E-state index in [0.29, 0.717) is 6.54 Å². The van der Waals surface area contributed by atoms with Crippen LogP contribution < -0.4 is 5.84 Å². The molecule has 0 amide bonds. The third-order valence-electron chi connectivity index (χ3n) is 2.00. The number of nitrogens with two attached hydrogens (primary N) is 1. The summed E-state index contributed by atoms with van der Waals surface area (Å²) in [5.74, 6) is 4.93. The van der Waals surface area contributed by atoms with E-state index >= 15 is 0 Å². The molecule has 1 fully saturated rings. The van der Waals surface area contributed by atoms with Crippen molar-refractivity contribution in [2.45, 2.75) is 12.8 Å². The van der Waals surface area contributed by atoms with Crippen LogP contribution in [0.5, 0.6) is 0 Å². The van der Waals surface area contributed by atoms with E-state index in [2.05, 4.69) is 5.10 Å². The molecule has 68 valence electrons. The van der Waals surface area contributed by atoms with Gasteiger partial charge >= 0.3 is 0 Å². The SMILES string of the molecule is NN=CN1CCCC(C(=O)Cl)C1. The summed E-state index contributed by atoms with van der Waals surface area (Å²) in [5.41, 5.74) is 0. The molecule has 0 aromatic heterocycles. The van der Waals surface area contributed by atoms with Crippen LogP contribution in [0.4, 0.5) is 0 Å². The minimum atomic E-state index is -0.259. The van der Waals surface area contributed by atoms with Gasteiger partial charge in [0.05, 0.1) is 5.92 Å². The van der Waals surface area contributed by atoms with E-state index in [-0.39, 0.29) is 11.2 Å². The van der Waals surface area contributed by atoms with E-state index in [4.69, 9.17) is 17.4 Å². The molecule has 1 atom stereocenters. The maximum Gasteiger partial charge on any atom is 0.226 e. The normalized spacial score (nSPS) is 24.8. The summed E-state index contributed by atoms with van der Waals surface area (Å²) in [7, 11) is 0. The molecule has 1 heterocycles. The van der Waals surface area contributed by atoms with Crippen molar-refractivity contribution in [1.82, 2.24) is 4.90 Å². The molecule has 0 aromatic rings. The molecular weight excluding hydrogens is 178 g/mol. The molecule has 0 radical (unpaired) electrons. The van der Waals surface area contributed by atoms with Gasteiger partial charge in [0, 0.05) is 13.1 Å². The van der Waals surface area contributed by atoms with E-state index in [9.17, 15) is 4.79 Å². The molecule has 1 aliphatic rings. The summed E-state index contributed by atoms with van der Waals surface area (Å²) in [6.07, 6.45) is 3.39. The van der Waals surface area contributed by atoms with E-state index in [0.717, 1.165) is 19.4 Å². The monoisotopic (exact) mass is 189 g/mol. The molecule has 0 aromatic carbocycles. The largest absolute Gasteiger partial charge is 0.360 e. The fourth-order valence-electron chi connectivity index (χ4n) is 1.39. The maximum atomic E-state index is 10.8.